The van der Waals surface area contributed by atoms with Gasteiger partial charge in [-0.1, -0.05) is 24.3 Å². The second-order valence-corrected chi connectivity index (χ2v) is 5.57. The van der Waals surface area contributed by atoms with Gasteiger partial charge in [-0.3, -0.25) is 9.59 Å². The lowest BCUT2D eigenvalue weighted by molar-refractivity contribution is -0.140. The number of hydrogen-bond donors (Lipinski definition) is 3. The zero-order valence-electron chi connectivity index (χ0n) is 14.4. The summed E-state index contributed by atoms with van der Waals surface area (Å²) in [5.41, 5.74) is 3.02. The third-order valence-corrected chi connectivity index (χ3v) is 3.45. The molecule has 0 atom stereocenters. The van der Waals surface area contributed by atoms with E-state index < -0.39 is 5.97 Å². The summed E-state index contributed by atoms with van der Waals surface area (Å²) in [5.74, 6) is -0.692. The number of methoxy groups -OCH3 is 1. The molecule has 0 fully saturated rings. The van der Waals surface area contributed by atoms with Crippen LogP contribution in [0.2, 0.25) is 0 Å². The number of aryl methyl sites for hydroxylation is 2. The molecule has 25 heavy (non-hydrogen) atoms. The van der Waals surface area contributed by atoms with Gasteiger partial charge in [-0.2, -0.15) is 0 Å². The van der Waals surface area contributed by atoms with E-state index in [4.69, 9.17) is 10.2 Å². The summed E-state index contributed by atoms with van der Waals surface area (Å²) in [4.78, 5) is 21.2. The molecule has 3 N–H and O–H groups in total. The normalized spacial score (nSPS) is 9.72. The highest BCUT2D eigenvalue weighted by Gasteiger charge is 2.04. The van der Waals surface area contributed by atoms with Crippen molar-refractivity contribution in [2.75, 3.05) is 7.11 Å². The third kappa shape index (κ3) is 6.95. The van der Waals surface area contributed by atoms with Gasteiger partial charge in [-0.15, -0.1) is 0 Å². The Bertz CT molecular complexity index is 752. The second kappa shape index (κ2) is 9.32. The molecule has 134 valence electrons. The van der Waals surface area contributed by atoms with Crippen LogP contribution in [-0.4, -0.2) is 34.4 Å². The third-order valence-electron chi connectivity index (χ3n) is 3.45. The van der Waals surface area contributed by atoms with Crippen LogP contribution in [0, 0.1) is 13.8 Å². The second-order valence-electron chi connectivity index (χ2n) is 5.57. The number of carbonyl (C=O) groups is 2. The summed E-state index contributed by atoms with van der Waals surface area (Å²) in [6.07, 6.45) is 0.249. The van der Waals surface area contributed by atoms with Crippen LogP contribution >= 0.6 is 0 Å². The topological polar surface area (TPSA) is 104 Å². The molecule has 2 rings (SSSR count). The first-order chi connectivity index (χ1) is 11.7. The van der Waals surface area contributed by atoms with Crippen LogP contribution in [-0.2, 0) is 27.2 Å². The van der Waals surface area contributed by atoms with E-state index in [9.17, 15) is 14.7 Å². The van der Waals surface area contributed by atoms with Crippen molar-refractivity contribution in [2.24, 2.45) is 0 Å². The van der Waals surface area contributed by atoms with E-state index in [-0.39, 0.29) is 30.3 Å². The molecule has 0 heterocycles. The van der Waals surface area contributed by atoms with Crippen molar-refractivity contribution >= 4 is 11.9 Å². The summed E-state index contributed by atoms with van der Waals surface area (Å²) in [6, 6.07) is 9.84. The fraction of sp³-hybridized carbons (Fsp3) is 0.263. The van der Waals surface area contributed by atoms with Crippen LogP contribution in [0.4, 0.5) is 0 Å². The molecule has 0 aliphatic heterocycles. The van der Waals surface area contributed by atoms with Crippen LogP contribution in [0.25, 0.3) is 0 Å². The van der Waals surface area contributed by atoms with E-state index >= 15 is 0 Å². The highest BCUT2D eigenvalue weighted by atomic mass is 16.5. The van der Waals surface area contributed by atoms with E-state index in [0.29, 0.717) is 11.1 Å². The van der Waals surface area contributed by atoms with E-state index in [0.717, 1.165) is 11.1 Å². The first-order valence-corrected chi connectivity index (χ1v) is 7.58. The first kappa shape index (κ1) is 20.0. The summed E-state index contributed by atoms with van der Waals surface area (Å²) < 4.78 is 4.52. The van der Waals surface area contributed by atoms with Crippen molar-refractivity contribution in [3.05, 3.63) is 58.7 Å². The predicted molar refractivity (Wildman–Crippen MR) is 92.7 cm³/mol. The predicted octanol–water partition coefficient (Wildman–Crippen LogP) is 2.74. The molecule has 0 aliphatic rings. The van der Waals surface area contributed by atoms with Gasteiger partial charge in [-0.05, 0) is 48.2 Å². The number of aromatic hydroxyl groups is 2. The number of phenolic OH excluding ortho intramolecular Hbond substituents is 2. The average molecular weight is 346 g/mol. The van der Waals surface area contributed by atoms with E-state index in [1.807, 2.05) is 0 Å². The Balaban J connectivity index is 0.000000251. The van der Waals surface area contributed by atoms with Gasteiger partial charge in [0, 0.05) is 0 Å². The molecule has 0 saturated heterocycles. The molecule has 0 aliphatic carbocycles. The van der Waals surface area contributed by atoms with Crippen molar-refractivity contribution in [1.82, 2.24) is 0 Å². The molecule has 0 bridgehead atoms. The van der Waals surface area contributed by atoms with E-state index in [1.54, 1.807) is 44.2 Å². The fourth-order valence-corrected chi connectivity index (χ4v) is 2.07. The van der Waals surface area contributed by atoms with Gasteiger partial charge in [-0.25, -0.2) is 0 Å². The molecule has 0 aromatic heterocycles. The molecule has 0 amide bonds. The van der Waals surface area contributed by atoms with Crippen molar-refractivity contribution in [3.8, 4) is 11.5 Å². The molecule has 0 unspecified atom stereocenters. The number of phenols is 2. The van der Waals surface area contributed by atoms with Gasteiger partial charge in [0.1, 0.15) is 11.5 Å². The Labute approximate surface area is 146 Å². The summed E-state index contributed by atoms with van der Waals surface area (Å²) in [5, 5.41) is 26.8. The van der Waals surface area contributed by atoms with Gasteiger partial charge in [0.05, 0.1) is 20.0 Å². The number of carboxylic acid groups (broad SMARTS) is 1. The first-order valence-electron chi connectivity index (χ1n) is 7.58. The molecule has 0 radical (unpaired) electrons. The summed E-state index contributed by atoms with van der Waals surface area (Å²) in [6.45, 7) is 3.52. The Morgan fingerprint density at radius 1 is 0.880 bits per heavy atom. The highest BCUT2D eigenvalue weighted by Crippen LogP contribution is 2.18. The molecule has 2 aromatic rings. The molecule has 2 aromatic carbocycles. The largest absolute Gasteiger partial charge is 0.508 e. The molecule has 6 heteroatoms. The average Bonchev–Trinajstić information content (AvgIpc) is 2.54. The van der Waals surface area contributed by atoms with Crippen LogP contribution in [0.1, 0.15) is 22.3 Å². The molecular weight excluding hydrogens is 324 g/mol. The molecular formula is C19H22O6. The van der Waals surface area contributed by atoms with Crippen molar-refractivity contribution in [2.45, 2.75) is 26.7 Å². The van der Waals surface area contributed by atoms with E-state index in [2.05, 4.69) is 4.74 Å². The number of benzene rings is 2. The van der Waals surface area contributed by atoms with Crippen LogP contribution < -0.4 is 0 Å². The number of carboxylic acids is 1. The zero-order valence-corrected chi connectivity index (χ0v) is 14.4. The maximum absolute atomic E-state index is 10.9. The SMILES string of the molecule is COC(=O)Cc1ccc(O)c(C)c1.Cc1cc(CC(=O)O)ccc1O. The van der Waals surface area contributed by atoms with Crippen LogP contribution in [0.15, 0.2) is 36.4 Å². The molecule has 0 spiro atoms. The lowest BCUT2D eigenvalue weighted by Gasteiger charge is -2.02. The maximum atomic E-state index is 10.9. The lowest BCUT2D eigenvalue weighted by Crippen LogP contribution is -2.04. The number of rotatable bonds is 4. The minimum Gasteiger partial charge on any atom is -0.508 e. The zero-order chi connectivity index (χ0) is 19.0. The van der Waals surface area contributed by atoms with Gasteiger partial charge in [0.2, 0.25) is 0 Å². The number of ether oxygens (including phenoxy) is 1. The summed E-state index contributed by atoms with van der Waals surface area (Å²) in [7, 11) is 1.36. The number of carbonyl (C=O) groups excluding carboxylic acids is 1. The van der Waals surface area contributed by atoms with Crippen LogP contribution in [0.5, 0.6) is 11.5 Å². The van der Waals surface area contributed by atoms with Gasteiger partial charge in [0.15, 0.2) is 0 Å². The Morgan fingerprint density at radius 2 is 1.32 bits per heavy atom. The summed E-state index contributed by atoms with van der Waals surface area (Å²) >= 11 is 0. The number of hydrogen-bond acceptors (Lipinski definition) is 5. The van der Waals surface area contributed by atoms with Crippen molar-refractivity contribution in [1.29, 1.82) is 0 Å². The smallest absolute Gasteiger partial charge is 0.309 e. The number of esters is 1. The highest BCUT2D eigenvalue weighted by molar-refractivity contribution is 5.72. The van der Waals surface area contributed by atoms with Crippen molar-refractivity contribution in [3.63, 3.8) is 0 Å². The van der Waals surface area contributed by atoms with Crippen LogP contribution in [0.3, 0.4) is 0 Å². The maximum Gasteiger partial charge on any atom is 0.309 e. The molecule has 0 saturated carbocycles. The Hall–Kier alpha value is -3.02. The minimum absolute atomic E-state index is 0.00111. The lowest BCUT2D eigenvalue weighted by atomic mass is 10.1. The van der Waals surface area contributed by atoms with Gasteiger partial charge >= 0.3 is 11.9 Å². The minimum atomic E-state index is -0.861. The standard InChI is InChI=1S/C10H12O3.C9H10O3/c1-7-5-8(3-4-9(7)11)6-10(12)13-2;1-6-4-7(5-9(11)12)2-3-8(6)10/h3-5,11H,6H2,1-2H3;2-4,10H,5H2,1H3,(H,11,12). The Kier molecular flexibility index (Phi) is 7.46. The van der Waals surface area contributed by atoms with Gasteiger partial charge in [0.25, 0.3) is 0 Å². The van der Waals surface area contributed by atoms with Gasteiger partial charge < -0.3 is 20.1 Å². The number of aliphatic carboxylic acids is 1. The quantitative estimate of drug-likeness (QED) is 0.736. The Morgan fingerprint density at radius 3 is 1.68 bits per heavy atom. The van der Waals surface area contributed by atoms with E-state index in [1.165, 1.54) is 13.2 Å². The monoisotopic (exact) mass is 346 g/mol. The molecule has 6 nitrogen and oxygen atoms in total. The van der Waals surface area contributed by atoms with Crippen molar-refractivity contribution < 1.29 is 29.6 Å². The fourth-order valence-electron chi connectivity index (χ4n) is 2.07.